The highest BCUT2D eigenvalue weighted by Crippen LogP contribution is 2.41. The number of aliphatic hydroxyl groups is 1. The number of hydrogen-bond donors (Lipinski definition) is 1. The van der Waals surface area contributed by atoms with E-state index in [0.29, 0.717) is 40.7 Å². The average molecular weight is 473 g/mol. The van der Waals surface area contributed by atoms with Crippen LogP contribution in [0.15, 0.2) is 48.0 Å². The van der Waals surface area contributed by atoms with Crippen LogP contribution in [0.25, 0.3) is 5.76 Å². The molecule has 0 bridgehead atoms. The van der Waals surface area contributed by atoms with Crippen molar-refractivity contribution in [2.24, 2.45) is 0 Å². The molecular weight excluding hydrogens is 444 g/mol. The van der Waals surface area contributed by atoms with Gasteiger partial charge in [-0.25, -0.2) is 0 Å². The Hall–Kier alpha value is -3.03. The van der Waals surface area contributed by atoms with Crippen LogP contribution in [0.3, 0.4) is 0 Å². The average Bonchev–Trinajstić information content (AvgIpc) is 3.09. The Balaban J connectivity index is 2.14. The lowest BCUT2D eigenvalue weighted by atomic mass is 9.95. The van der Waals surface area contributed by atoms with Crippen molar-refractivity contribution in [3.8, 4) is 11.5 Å². The normalized spacial score (nSPS) is 17.6. The maximum absolute atomic E-state index is 13.1. The maximum Gasteiger partial charge on any atom is 0.295 e. The Bertz CT molecular complexity index is 1050. The summed E-state index contributed by atoms with van der Waals surface area (Å²) in [5.41, 5.74) is 1.09. The quantitative estimate of drug-likeness (QED) is 0.336. The fourth-order valence-electron chi connectivity index (χ4n) is 4.03. The summed E-state index contributed by atoms with van der Waals surface area (Å²) < 4.78 is 10.8. The molecule has 0 radical (unpaired) electrons. The molecule has 1 aliphatic rings. The van der Waals surface area contributed by atoms with Crippen LogP contribution >= 0.6 is 11.6 Å². The van der Waals surface area contributed by atoms with Gasteiger partial charge < -0.3 is 24.4 Å². The molecule has 0 spiro atoms. The molecule has 0 aliphatic carbocycles. The van der Waals surface area contributed by atoms with Gasteiger partial charge in [0.2, 0.25) is 0 Å². The summed E-state index contributed by atoms with van der Waals surface area (Å²) in [5, 5.41) is 11.6. The predicted molar refractivity (Wildman–Crippen MR) is 128 cm³/mol. The van der Waals surface area contributed by atoms with Gasteiger partial charge in [0.05, 0.1) is 25.8 Å². The molecule has 2 aromatic rings. The lowest BCUT2D eigenvalue weighted by Crippen LogP contribution is -2.38. The molecular formula is C25H29ClN2O5. The Kier molecular flexibility index (Phi) is 8.00. The number of ketones is 1. The Morgan fingerprint density at radius 2 is 1.67 bits per heavy atom. The van der Waals surface area contributed by atoms with Crippen LogP contribution in [0, 0.1) is 0 Å². The van der Waals surface area contributed by atoms with Crippen molar-refractivity contribution in [1.82, 2.24) is 9.80 Å². The zero-order valence-corrected chi connectivity index (χ0v) is 20.1. The molecule has 2 aromatic carbocycles. The van der Waals surface area contributed by atoms with E-state index in [2.05, 4.69) is 4.90 Å². The highest BCUT2D eigenvalue weighted by Gasteiger charge is 2.46. The SMILES string of the molecule is CCN(CC)CCN1C(=O)C(=O)/C(=C(\O)c2ccc(Cl)cc2)C1c1ccc(OC)c(OC)c1. The summed E-state index contributed by atoms with van der Waals surface area (Å²) in [6.45, 7) is 6.68. The number of likely N-dealkylation sites (N-methyl/N-ethyl adjacent to an activating group) is 1. The minimum absolute atomic E-state index is 0.0362. The number of carbonyl (C=O) groups is 2. The molecule has 1 N–H and O–H groups in total. The smallest absolute Gasteiger partial charge is 0.295 e. The van der Waals surface area contributed by atoms with Crippen LogP contribution in [-0.2, 0) is 9.59 Å². The number of Topliss-reactive ketones (excluding diaryl/α,β-unsaturated/α-hetero) is 1. The third-order valence-electron chi connectivity index (χ3n) is 5.93. The van der Waals surface area contributed by atoms with Gasteiger partial charge in [-0.1, -0.05) is 31.5 Å². The maximum atomic E-state index is 13.1. The number of hydrogen-bond acceptors (Lipinski definition) is 6. The minimum Gasteiger partial charge on any atom is -0.507 e. The number of carbonyl (C=O) groups excluding carboxylic acids is 2. The van der Waals surface area contributed by atoms with E-state index < -0.39 is 17.7 Å². The summed E-state index contributed by atoms with van der Waals surface area (Å²) >= 11 is 5.98. The molecule has 1 heterocycles. The topological polar surface area (TPSA) is 79.3 Å². The first kappa shape index (κ1) is 24.6. The molecule has 1 amide bonds. The number of halogens is 1. The monoisotopic (exact) mass is 472 g/mol. The second kappa shape index (κ2) is 10.7. The predicted octanol–water partition coefficient (Wildman–Crippen LogP) is 4.12. The molecule has 0 aromatic heterocycles. The summed E-state index contributed by atoms with van der Waals surface area (Å²) in [7, 11) is 3.06. The standard InChI is InChI=1S/C25H29ClN2O5/c1-5-27(6-2)13-14-28-22(17-9-12-19(32-3)20(15-17)33-4)21(24(30)25(28)31)23(29)16-7-10-18(26)11-8-16/h7-12,15,22,29H,5-6,13-14H2,1-4H3/b23-21-. The fourth-order valence-corrected chi connectivity index (χ4v) is 4.16. The fraction of sp³-hybridized carbons (Fsp3) is 0.360. The molecule has 1 saturated heterocycles. The summed E-state index contributed by atoms with van der Waals surface area (Å²) in [6, 6.07) is 10.9. The Labute approximate surface area is 199 Å². The molecule has 3 rings (SSSR count). The van der Waals surface area contributed by atoms with Crippen LogP contribution in [0.2, 0.25) is 5.02 Å². The molecule has 1 fully saturated rings. The zero-order chi connectivity index (χ0) is 24.1. The van der Waals surface area contributed by atoms with Gasteiger partial charge in [0.15, 0.2) is 11.5 Å². The molecule has 33 heavy (non-hydrogen) atoms. The molecule has 1 atom stereocenters. The number of aliphatic hydroxyl groups excluding tert-OH is 1. The lowest BCUT2D eigenvalue weighted by Gasteiger charge is -2.28. The van der Waals surface area contributed by atoms with Gasteiger partial charge >= 0.3 is 0 Å². The van der Waals surface area contributed by atoms with E-state index in [9.17, 15) is 14.7 Å². The van der Waals surface area contributed by atoms with E-state index in [1.54, 1.807) is 42.5 Å². The van der Waals surface area contributed by atoms with Gasteiger partial charge in [0.25, 0.3) is 11.7 Å². The van der Waals surface area contributed by atoms with Crippen LogP contribution in [-0.4, -0.2) is 67.0 Å². The number of ether oxygens (including phenoxy) is 2. The highest BCUT2D eigenvalue weighted by atomic mass is 35.5. The van der Waals surface area contributed by atoms with Crippen molar-refractivity contribution in [2.45, 2.75) is 19.9 Å². The summed E-state index contributed by atoms with van der Waals surface area (Å²) in [5.74, 6) is -0.607. The second-order valence-corrected chi connectivity index (χ2v) is 8.08. The van der Waals surface area contributed by atoms with Crippen molar-refractivity contribution in [3.63, 3.8) is 0 Å². The highest BCUT2D eigenvalue weighted by molar-refractivity contribution is 6.46. The first-order valence-electron chi connectivity index (χ1n) is 10.8. The van der Waals surface area contributed by atoms with E-state index in [4.69, 9.17) is 21.1 Å². The first-order valence-corrected chi connectivity index (χ1v) is 11.2. The van der Waals surface area contributed by atoms with Gasteiger partial charge in [-0.05, 0) is 55.1 Å². The summed E-state index contributed by atoms with van der Waals surface area (Å²) in [6.07, 6.45) is 0. The minimum atomic E-state index is -0.768. The van der Waals surface area contributed by atoms with Gasteiger partial charge in [0, 0.05) is 23.7 Å². The van der Waals surface area contributed by atoms with Crippen LogP contribution < -0.4 is 9.47 Å². The third kappa shape index (κ3) is 4.99. The molecule has 1 aliphatic heterocycles. The molecule has 8 heteroatoms. The first-order chi connectivity index (χ1) is 15.9. The van der Waals surface area contributed by atoms with Crippen molar-refractivity contribution >= 4 is 29.1 Å². The second-order valence-electron chi connectivity index (χ2n) is 7.64. The van der Waals surface area contributed by atoms with E-state index >= 15 is 0 Å². The van der Waals surface area contributed by atoms with Crippen LogP contribution in [0.5, 0.6) is 11.5 Å². The van der Waals surface area contributed by atoms with E-state index in [0.717, 1.165) is 13.1 Å². The molecule has 176 valence electrons. The molecule has 1 unspecified atom stereocenters. The van der Waals surface area contributed by atoms with Crippen LogP contribution in [0.4, 0.5) is 0 Å². The van der Waals surface area contributed by atoms with Crippen LogP contribution in [0.1, 0.15) is 31.0 Å². The van der Waals surface area contributed by atoms with Gasteiger partial charge in [-0.3, -0.25) is 9.59 Å². The number of amides is 1. The number of methoxy groups -OCH3 is 2. The third-order valence-corrected chi connectivity index (χ3v) is 6.18. The van der Waals surface area contributed by atoms with Crippen molar-refractivity contribution < 1.29 is 24.2 Å². The number of benzene rings is 2. The van der Waals surface area contributed by atoms with Gasteiger partial charge in [0.1, 0.15) is 5.76 Å². The van der Waals surface area contributed by atoms with Crippen molar-refractivity contribution in [1.29, 1.82) is 0 Å². The number of rotatable bonds is 9. The Morgan fingerprint density at radius 3 is 2.24 bits per heavy atom. The Morgan fingerprint density at radius 1 is 1.03 bits per heavy atom. The molecule has 7 nitrogen and oxygen atoms in total. The van der Waals surface area contributed by atoms with Crippen molar-refractivity contribution in [3.05, 3.63) is 64.2 Å². The van der Waals surface area contributed by atoms with Crippen molar-refractivity contribution in [2.75, 3.05) is 40.4 Å². The largest absolute Gasteiger partial charge is 0.507 e. The van der Waals surface area contributed by atoms with E-state index in [1.807, 2.05) is 13.8 Å². The number of nitrogens with zero attached hydrogens (tertiary/aromatic N) is 2. The van der Waals surface area contributed by atoms with Gasteiger partial charge in [-0.15, -0.1) is 0 Å². The summed E-state index contributed by atoms with van der Waals surface area (Å²) in [4.78, 5) is 29.9. The zero-order valence-electron chi connectivity index (χ0n) is 19.3. The van der Waals surface area contributed by atoms with E-state index in [-0.39, 0.29) is 11.3 Å². The van der Waals surface area contributed by atoms with E-state index in [1.165, 1.54) is 19.1 Å². The molecule has 0 saturated carbocycles. The van der Waals surface area contributed by atoms with Gasteiger partial charge in [-0.2, -0.15) is 0 Å². The number of likely N-dealkylation sites (tertiary alicyclic amines) is 1. The lowest BCUT2D eigenvalue weighted by molar-refractivity contribution is -0.140.